The highest BCUT2D eigenvalue weighted by Gasteiger charge is 2.26. The molecule has 0 atom stereocenters. The molecule has 0 spiro atoms. The Labute approximate surface area is 121 Å². The van der Waals surface area contributed by atoms with Crippen LogP contribution in [0, 0.1) is 5.41 Å². The molecule has 1 aliphatic rings. The smallest absolute Gasteiger partial charge is 0.240 e. The van der Waals surface area contributed by atoms with Crippen molar-refractivity contribution in [3.05, 3.63) is 24.3 Å². The minimum absolute atomic E-state index is 0.290. The van der Waals surface area contributed by atoms with Crippen LogP contribution in [-0.4, -0.2) is 35.1 Å². The Morgan fingerprint density at radius 1 is 1.20 bits per heavy atom. The van der Waals surface area contributed by atoms with Gasteiger partial charge in [0, 0.05) is 12.2 Å². The van der Waals surface area contributed by atoms with Crippen molar-refractivity contribution in [1.29, 1.82) is 0 Å². The average molecular weight is 297 g/mol. The van der Waals surface area contributed by atoms with Crippen LogP contribution in [0.3, 0.4) is 0 Å². The summed E-state index contributed by atoms with van der Waals surface area (Å²) in [5, 5.41) is 6.78. The zero-order valence-corrected chi connectivity index (χ0v) is 12.9. The predicted molar refractivity (Wildman–Crippen MR) is 81.4 cm³/mol. The van der Waals surface area contributed by atoms with E-state index in [2.05, 4.69) is 22.3 Å². The lowest BCUT2D eigenvalue weighted by atomic mass is 9.81. The van der Waals surface area contributed by atoms with E-state index in [1.54, 1.807) is 12.1 Å². The quantitative estimate of drug-likeness (QED) is 0.768. The highest BCUT2D eigenvalue weighted by Crippen LogP contribution is 2.28. The Kier molecular flexibility index (Phi) is 4.67. The second-order valence-corrected chi connectivity index (χ2v) is 7.53. The van der Waals surface area contributed by atoms with Crippen LogP contribution in [0.5, 0.6) is 0 Å². The van der Waals surface area contributed by atoms with Crippen molar-refractivity contribution >= 4 is 15.7 Å². The van der Waals surface area contributed by atoms with E-state index in [4.69, 9.17) is 0 Å². The molecule has 20 heavy (non-hydrogen) atoms. The van der Waals surface area contributed by atoms with Gasteiger partial charge in [-0.15, -0.1) is 0 Å². The standard InChI is InChI=1S/C14H23N3O2S/c1-14(7-9-16-10-8-14)11-17-12-3-5-13(6-4-12)20(18,19)15-2/h3-6,15-17H,7-11H2,1-2H3. The van der Waals surface area contributed by atoms with Crippen LogP contribution in [0.2, 0.25) is 0 Å². The average Bonchev–Trinajstić information content (AvgIpc) is 2.46. The maximum absolute atomic E-state index is 11.6. The largest absolute Gasteiger partial charge is 0.384 e. The van der Waals surface area contributed by atoms with Crippen molar-refractivity contribution in [2.45, 2.75) is 24.7 Å². The van der Waals surface area contributed by atoms with Gasteiger partial charge in [-0.3, -0.25) is 0 Å². The van der Waals surface area contributed by atoms with Gasteiger partial charge in [0.25, 0.3) is 0 Å². The molecule has 0 unspecified atom stereocenters. The van der Waals surface area contributed by atoms with Gasteiger partial charge in [-0.2, -0.15) is 0 Å². The van der Waals surface area contributed by atoms with Crippen molar-refractivity contribution in [1.82, 2.24) is 10.0 Å². The molecule has 1 aromatic rings. The van der Waals surface area contributed by atoms with E-state index in [0.717, 1.165) is 38.2 Å². The molecule has 0 bridgehead atoms. The lowest BCUT2D eigenvalue weighted by Crippen LogP contribution is -2.39. The number of nitrogens with one attached hydrogen (secondary N) is 3. The maximum atomic E-state index is 11.6. The van der Waals surface area contributed by atoms with Gasteiger partial charge in [-0.25, -0.2) is 13.1 Å². The van der Waals surface area contributed by atoms with E-state index in [1.807, 2.05) is 12.1 Å². The normalized spacial score (nSPS) is 18.7. The molecule has 1 fully saturated rings. The molecular formula is C14H23N3O2S. The molecule has 0 radical (unpaired) electrons. The van der Waals surface area contributed by atoms with E-state index in [1.165, 1.54) is 7.05 Å². The van der Waals surface area contributed by atoms with Crippen molar-refractivity contribution in [3.8, 4) is 0 Å². The Bertz CT molecular complexity index is 534. The second kappa shape index (κ2) is 6.11. The summed E-state index contributed by atoms with van der Waals surface area (Å²) in [6.07, 6.45) is 2.32. The molecule has 112 valence electrons. The monoisotopic (exact) mass is 297 g/mol. The van der Waals surface area contributed by atoms with Gasteiger partial charge in [0.1, 0.15) is 0 Å². The highest BCUT2D eigenvalue weighted by molar-refractivity contribution is 7.89. The molecule has 0 saturated carbocycles. The molecule has 0 amide bonds. The lowest BCUT2D eigenvalue weighted by molar-refractivity contribution is 0.247. The molecule has 1 heterocycles. The molecule has 0 aromatic heterocycles. The Hall–Kier alpha value is -1.11. The van der Waals surface area contributed by atoms with Crippen LogP contribution in [0.4, 0.5) is 5.69 Å². The van der Waals surface area contributed by atoms with Crippen LogP contribution >= 0.6 is 0 Å². The number of piperidine rings is 1. The fourth-order valence-electron chi connectivity index (χ4n) is 2.39. The first-order valence-electron chi connectivity index (χ1n) is 6.93. The van der Waals surface area contributed by atoms with Gasteiger partial charge >= 0.3 is 0 Å². The van der Waals surface area contributed by atoms with Gasteiger partial charge < -0.3 is 10.6 Å². The van der Waals surface area contributed by atoms with Gasteiger partial charge in [0.2, 0.25) is 10.0 Å². The summed E-state index contributed by atoms with van der Waals surface area (Å²) in [6, 6.07) is 6.88. The van der Waals surface area contributed by atoms with Crippen LogP contribution in [0.1, 0.15) is 19.8 Å². The first kappa shape index (κ1) is 15.3. The third-order valence-electron chi connectivity index (χ3n) is 3.96. The third kappa shape index (κ3) is 3.71. The summed E-state index contributed by atoms with van der Waals surface area (Å²) >= 11 is 0. The summed E-state index contributed by atoms with van der Waals surface area (Å²) in [4.78, 5) is 0.290. The number of rotatable bonds is 5. The van der Waals surface area contributed by atoms with Crippen molar-refractivity contribution in [2.24, 2.45) is 5.41 Å². The van der Waals surface area contributed by atoms with E-state index >= 15 is 0 Å². The second-order valence-electron chi connectivity index (χ2n) is 5.65. The topological polar surface area (TPSA) is 70.2 Å². The van der Waals surface area contributed by atoms with Gasteiger partial charge in [0.15, 0.2) is 0 Å². The van der Waals surface area contributed by atoms with Crippen LogP contribution in [-0.2, 0) is 10.0 Å². The summed E-state index contributed by atoms with van der Waals surface area (Å²) < 4.78 is 25.6. The SMILES string of the molecule is CNS(=O)(=O)c1ccc(NCC2(C)CCNCC2)cc1. The molecule has 1 aromatic carbocycles. The van der Waals surface area contributed by atoms with E-state index in [-0.39, 0.29) is 0 Å². The fraction of sp³-hybridized carbons (Fsp3) is 0.571. The number of hydrogen-bond acceptors (Lipinski definition) is 4. The van der Waals surface area contributed by atoms with E-state index < -0.39 is 10.0 Å². The highest BCUT2D eigenvalue weighted by atomic mass is 32.2. The Balaban J connectivity index is 1.97. The summed E-state index contributed by atoms with van der Waals surface area (Å²) in [6.45, 7) is 5.34. The maximum Gasteiger partial charge on any atom is 0.240 e. The first-order valence-corrected chi connectivity index (χ1v) is 8.42. The fourth-order valence-corrected chi connectivity index (χ4v) is 3.12. The predicted octanol–water partition coefficient (Wildman–Crippen LogP) is 1.40. The first-order chi connectivity index (χ1) is 9.45. The van der Waals surface area contributed by atoms with Crippen LogP contribution in [0.25, 0.3) is 0 Å². The molecule has 6 heteroatoms. The van der Waals surface area contributed by atoms with Crippen LogP contribution in [0.15, 0.2) is 29.2 Å². The van der Waals surface area contributed by atoms with Gasteiger partial charge in [0.05, 0.1) is 4.90 Å². The van der Waals surface area contributed by atoms with Gasteiger partial charge in [-0.05, 0) is 62.7 Å². The Morgan fingerprint density at radius 2 is 1.80 bits per heavy atom. The minimum Gasteiger partial charge on any atom is -0.384 e. The summed E-state index contributed by atoms with van der Waals surface area (Å²) in [7, 11) is -1.93. The summed E-state index contributed by atoms with van der Waals surface area (Å²) in [5.74, 6) is 0. The Morgan fingerprint density at radius 3 is 2.35 bits per heavy atom. The number of hydrogen-bond donors (Lipinski definition) is 3. The summed E-state index contributed by atoms with van der Waals surface area (Å²) in [5.41, 5.74) is 1.26. The van der Waals surface area contributed by atoms with Crippen LogP contribution < -0.4 is 15.4 Å². The number of benzene rings is 1. The van der Waals surface area contributed by atoms with E-state index in [9.17, 15) is 8.42 Å². The van der Waals surface area contributed by atoms with E-state index in [0.29, 0.717) is 10.3 Å². The molecule has 0 aliphatic carbocycles. The molecule has 1 aliphatic heterocycles. The number of anilines is 1. The molecular weight excluding hydrogens is 274 g/mol. The van der Waals surface area contributed by atoms with Crippen molar-refractivity contribution in [2.75, 3.05) is 32.0 Å². The van der Waals surface area contributed by atoms with Crippen molar-refractivity contribution < 1.29 is 8.42 Å². The van der Waals surface area contributed by atoms with Crippen molar-refractivity contribution in [3.63, 3.8) is 0 Å². The zero-order valence-electron chi connectivity index (χ0n) is 12.1. The molecule has 3 N–H and O–H groups in total. The third-order valence-corrected chi connectivity index (χ3v) is 5.39. The minimum atomic E-state index is -3.35. The molecule has 1 saturated heterocycles. The number of sulfonamides is 1. The zero-order chi connectivity index (χ0) is 14.6. The molecule has 2 rings (SSSR count). The lowest BCUT2D eigenvalue weighted by Gasteiger charge is -2.34. The molecule has 5 nitrogen and oxygen atoms in total. The van der Waals surface area contributed by atoms with Gasteiger partial charge in [-0.1, -0.05) is 6.92 Å².